The van der Waals surface area contributed by atoms with E-state index in [1.165, 1.54) is 5.01 Å². The highest BCUT2D eigenvalue weighted by molar-refractivity contribution is 6.30. The van der Waals surface area contributed by atoms with E-state index in [1.807, 2.05) is 18.2 Å². The zero-order valence-corrected chi connectivity index (χ0v) is 19.5. The molecule has 2 aromatic rings. The zero-order chi connectivity index (χ0) is 23.5. The number of hydrogen-bond donors (Lipinski definition) is 1. The summed E-state index contributed by atoms with van der Waals surface area (Å²) in [4.78, 5) is 26.4. The molecule has 0 radical (unpaired) electrons. The molecule has 8 heteroatoms. The fourth-order valence-electron chi connectivity index (χ4n) is 7.06. The molecule has 1 amide bonds. The number of carbonyl (C=O) groups is 2. The van der Waals surface area contributed by atoms with Crippen molar-refractivity contribution in [3.05, 3.63) is 59.0 Å². The van der Waals surface area contributed by atoms with Gasteiger partial charge in [-0.3, -0.25) is 9.59 Å². The molecular weight excluding hydrogens is 456 g/mol. The first-order valence-electron chi connectivity index (χ1n) is 11.9. The van der Waals surface area contributed by atoms with E-state index in [1.54, 1.807) is 24.5 Å². The van der Waals surface area contributed by atoms with Crippen molar-refractivity contribution in [2.75, 3.05) is 6.61 Å². The Balaban J connectivity index is 1.18. The minimum atomic E-state index is -0.760. The standard InChI is InChI=1S/C26H27ClN2O5/c27-19-5-3-18(4-6-19)20-9-21(22-2-1-7-33-22)29(28-20)23(30)14-34-24(31)25-10-16-8-17(11-25)13-26(32,12-16)15-25/h1-7,16-17,21,32H,8-15H2/t16-,17-,21-,25?,26?/m0/s1. The smallest absolute Gasteiger partial charge is 0.312 e. The molecule has 1 aromatic carbocycles. The van der Waals surface area contributed by atoms with Crippen molar-refractivity contribution >= 4 is 29.2 Å². The number of aliphatic hydroxyl groups is 1. The molecule has 4 saturated carbocycles. The third-order valence-corrected chi connectivity index (χ3v) is 8.26. The lowest BCUT2D eigenvalue weighted by molar-refractivity contribution is -0.197. The van der Waals surface area contributed by atoms with Gasteiger partial charge in [0.15, 0.2) is 6.61 Å². The molecule has 4 aliphatic carbocycles. The zero-order valence-electron chi connectivity index (χ0n) is 18.8. The van der Waals surface area contributed by atoms with Crippen molar-refractivity contribution in [2.24, 2.45) is 22.4 Å². The maximum atomic E-state index is 13.2. The number of rotatable bonds is 5. The van der Waals surface area contributed by atoms with Crippen LogP contribution in [0.4, 0.5) is 0 Å². The molecule has 7 nitrogen and oxygen atoms in total. The third-order valence-electron chi connectivity index (χ3n) is 8.00. The average molecular weight is 483 g/mol. The molecule has 0 spiro atoms. The van der Waals surface area contributed by atoms with Crippen LogP contribution >= 0.6 is 11.6 Å². The highest BCUT2D eigenvalue weighted by Crippen LogP contribution is 2.62. The van der Waals surface area contributed by atoms with E-state index in [0.717, 1.165) is 43.4 Å². The van der Waals surface area contributed by atoms with Crippen LogP contribution in [-0.2, 0) is 14.3 Å². The lowest BCUT2D eigenvalue weighted by atomic mass is 9.48. The maximum absolute atomic E-state index is 13.2. The molecule has 178 valence electrons. The van der Waals surface area contributed by atoms with Crippen LogP contribution in [0.25, 0.3) is 0 Å². The molecule has 0 unspecified atom stereocenters. The summed E-state index contributed by atoms with van der Waals surface area (Å²) in [5, 5.41) is 17.5. The van der Waals surface area contributed by atoms with Crippen LogP contribution in [0.1, 0.15) is 62.3 Å². The molecule has 34 heavy (non-hydrogen) atoms. The molecule has 7 rings (SSSR count). The summed E-state index contributed by atoms with van der Waals surface area (Å²) in [6, 6.07) is 10.5. The Morgan fingerprint density at radius 2 is 1.88 bits per heavy atom. The summed E-state index contributed by atoms with van der Waals surface area (Å²) in [6.07, 6.45) is 6.61. The van der Waals surface area contributed by atoms with Gasteiger partial charge in [0.05, 0.1) is 23.0 Å². The van der Waals surface area contributed by atoms with Crippen LogP contribution in [0.3, 0.4) is 0 Å². The van der Waals surface area contributed by atoms with E-state index in [-0.39, 0.29) is 12.6 Å². The van der Waals surface area contributed by atoms with Gasteiger partial charge in [-0.15, -0.1) is 0 Å². The van der Waals surface area contributed by atoms with Crippen LogP contribution in [0.2, 0.25) is 5.02 Å². The number of hydrogen-bond acceptors (Lipinski definition) is 6. The predicted molar refractivity (Wildman–Crippen MR) is 124 cm³/mol. The first-order valence-corrected chi connectivity index (χ1v) is 12.3. The number of amides is 1. The number of benzene rings is 1. The van der Waals surface area contributed by atoms with Crippen LogP contribution in [-0.4, -0.2) is 39.9 Å². The molecular formula is C26H27ClN2O5. The molecule has 1 N–H and O–H groups in total. The van der Waals surface area contributed by atoms with Gasteiger partial charge in [-0.2, -0.15) is 5.10 Å². The monoisotopic (exact) mass is 482 g/mol. The van der Waals surface area contributed by atoms with E-state index in [0.29, 0.717) is 35.5 Å². The molecule has 5 aliphatic rings. The van der Waals surface area contributed by atoms with Crippen LogP contribution in [0.5, 0.6) is 0 Å². The molecule has 4 bridgehead atoms. The average Bonchev–Trinajstić information content (AvgIpc) is 3.46. The van der Waals surface area contributed by atoms with Crippen molar-refractivity contribution in [1.29, 1.82) is 0 Å². The van der Waals surface area contributed by atoms with Gasteiger partial charge in [0, 0.05) is 11.4 Å². The number of hydrazone groups is 1. The Labute approximate surface area is 202 Å². The number of furan rings is 1. The SMILES string of the molecule is O=C(COC(=O)C12C[C@@H]3C[C@H](CC(O)(C3)C1)C2)N1N=C(c2ccc(Cl)cc2)C[C@H]1c1ccco1. The molecule has 4 fully saturated rings. The topological polar surface area (TPSA) is 92.3 Å². The van der Waals surface area contributed by atoms with Gasteiger partial charge in [0.25, 0.3) is 5.91 Å². The number of carbonyl (C=O) groups excluding carboxylic acids is 2. The molecule has 1 aliphatic heterocycles. The van der Waals surface area contributed by atoms with E-state index < -0.39 is 23.0 Å². The van der Waals surface area contributed by atoms with Gasteiger partial charge in [-0.05, 0) is 80.2 Å². The number of ether oxygens (including phenoxy) is 1. The summed E-state index contributed by atoms with van der Waals surface area (Å²) in [7, 11) is 0. The first kappa shape index (κ1) is 21.9. The Kier molecular flexibility index (Phi) is 5.12. The Morgan fingerprint density at radius 3 is 2.53 bits per heavy atom. The molecule has 2 heterocycles. The quantitative estimate of drug-likeness (QED) is 0.634. The Bertz CT molecular complexity index is 1130. The lowest BCUT2D eigenvalue weighted by Crippen LogP contribution is -2.58. The van der Waals surface area contributed by atoms with Crippen LogP contribution in [0, 0.1) is 17.3 Å². The minimum Gasteiger partial charge on any atom is -0.467 e. The van der Waals surface area contributed by atoms with Gasteiger partial charge in [0.2, 0.25) is 0 Å². The summed E-state index contributed by atoms with van der Waals surface area (Å²) < 4.78 is 11.2. The van der Waals surface area contributed by atoms with Gasteiger partial charge >= 0.3 is 5.97 Å². The summed E-state index contributed by atoms with van der Waals surface area (Å²) in [5.74, 6) is 0.591. The minimum absolute atomic E-state index is 0.357. The number of halogens is 1. The van der Waals surface area contributed by atoms with Gasteiger partial charge in [-0.1, -0.05) is 23.7 Å². The number of nitrogens with zero attached hydrogens (tertiary/aromatic N) is 2. The second-order valence-electron chi connectivity index (χ2n) is 10.6. The van der Waals surface area contributed by atoms with Crippen molar-refractivity contribution in [3.63, 3.8) is 0 Å². The maximum Gasteiger partial charge on any atom is 0.312 e. The van der Waals surface area contributed by atoms with Crippen LogP contribution < -0.4 is 0 Å². The van der Waals surface area contributed by atoms with E-state index in [9.17, 15) is 14.7 Å². The fourth-order valence-corrected chi connectivity index (χ4v) is 7.19. The molecule has 0 saturated heterocycles. The summed E-state index contributed by atoms with van der Waals surface area (Å²) in [6.45, 7) is -0.386. The summed E-state index contributed by atoms with van der Waals surface area (Å²) in [5.41, 5.74) is 0.183. The molecule has 3 atom stereocenters. The fraction of sp³-hybridized carbons (Fsp3) is 0.500. The van der Waals surface area contributed by atoms with Crippen molar-refractivity contribution in [3.8, 4) is 0 Å². The Hall–Kier alpha value is -2.64. The first-order chi connectivity index (χ1) is 16.3. The van der Waals surface area contributed by atoms with Gasteiger partial charge in [0.1, 0.15) is 11.8 Å². The van der Waals surface area contributed by atoms with Crippen molar-refractivity contribution < 1.29 is 23.8 Å². The lowest BCUT2D eigenvalue weighted by Gasteiger charge is -2.58. The highest BCUT2D eigenvalue weighted by Gasteiger charge is 2.61. The number of esters is 1. The van der Waals surface area contributed by atoms with Crippen molar-refractivity contribution in [1.82, 2.24) is 5.01 Å². The third kappa shape index (κ3) is 3.75. The van der Waals surface area contributed by atoms with Gasteiger partial charge in [-0.25, -0.2) is 5.01 Å². The Morgan fingerprint density at radius 1 is 1.15 bits per heavy atom. The highest BCUT2D eigenvalue weighted by atomic mass is 35.5. The predicted octanol–water partition coefficient (Wildman–Crippen LogP) is 4.49. The second-order valence-corrected chi connectivity index (χ2v) is 11.0. The second kappa shape index (κ2) is 7.95. The van der Waals surface area contributed by atoms with E-state index in [4.69, 9.17) is 20.8 Å². The largest absolute Gasteiger partial charge is 0.467 e. The van der Waals surface area contributed by atoms with Crippen molar-refractivity contribution in [2.45, 2.75) is 56.6 Å². The van der Waals surface area contributed by atoms with Crippen LogP contribution in [0.15, 0.2) is 52.2 Å². The van der Waals surface area contributed by atoms with E-state index >= 15 is 0 Å². The normalized spacial score (nSPS) is 33.8. The summed E-state index contributed by atoms with van der Waals surface area (Å²) >= 11 is 6.02. The van der Waals surface area contributed by atoms with Gasteiger partial charge < -0.3 is 14.3 Å². The van der Waals surface area contributed by atoms with E-state index in [2.05, 4.69) is 5.10 Å². The molecule has 1 aromatic heterocycles.